The van der Waals surface area contributed by atoms with Gasteiger partial charge in [0.1, 0.15) is 11.7 Å². The summed E-state index contributed by atoms with van der Waals surface area (Å²) in [6, 6.07) is 9.43. The maximum atomic E-state index is 12.9. The third kappa shape index (κ3) is 4.50. The van der Waals surface area contributed by atoms with Gasteiger partial charge in [0.05, 0.1) is 18.7 Å². The molecule has 0 aliphatic carbocycles. The van der Waals surface area contributed by atoms with Gasteiger partial charge < -0.3 is 20.7 Å². The zero-order valence-electron chi connectivity index (χ0n) is 15.3. The molecule has 0 saturated carbocycles. The van der Waals surface area contributed by atoms with E-state index >= 15 is 0 Å². The third-order valence-electron chi connectivity index (χ3n) is 4.51. The number of carbonyl (C=O) groups excluding carboxylic acids is 2. The van der Waals surface area contributed by atoms with Crippen LogP contribution in [-0.4, -0.2) is 19.0 Å². The van der Waals surface area contributed by atoms with Crippen LogP contribution < -0.4 is 20.7 Å². The molecule has 1 saturated heterocycles. The zero-order chi connectivity index (χ0) is 21.2. The van der Waals surface area contributed by atoms with Crippen LogP contribution in [-0.2, 0) is 11.0 Å². The number of nitrogens with one attached hydrogen (secondary N) is 3. The molecule has 2 aromatic rings. The van der Waals surface area contributed by atoms with Crippen LogP contribution in [0.1, 0.15) is 17.2 Å². The smallest absolute Gasteiger partial charge is 0.416 e. The molecule has 6 nitrogen and oxygen atoms in total. The lowest BCUT2D eigenvalue weighted by Gasteiger charge is -2.34. The van der Waals surface area contributed by atoms with E-state index in [0.717, 1.165) is 12.1 Å². The van der Waals surface area contributed by atoms with Crippen LogP contribution in [0, 0.1) is 5.92 Å². The third-order valence-corrected chi connectivity index (χ3v) is 4.51. The summed E-state index contributed by atoms with van der Waals surface area (Å²) in [5, 5.41) is 7.74. The minimum atomic E-state index is -4.48. The molecular formula is C20H18F3N3O3. The van der Waals surface area contributed by atoms with Crippen molar-refractivity contribution < 1.29 is 27.5 Å². The molecule has 3 amide bonds. The molecule has 3 N–H and O–H groups in total. The molecule has 3 rings (SSSR count). The molecule has 1 aliphatic rings. The Kier molecular flexibility index (Phi) is 5.49. The molecule has 0 aromatic heterocycles. The second-order valence-corrected chi connectivity index (χ2v) is 6.42. The SMILES string of the molecule is C=C1NC(=O)N[C@H](c2ccc(C(F)(F)F)cc2)[C@H]1C(=O)Nc1ccc(OC)cc1. The number of hydrogen-bond donors (Lipinski definition) is 3. The van der Waals surface area contributed by atoms with E-state index in [0.29, 0.717) is 17.0 Å². The van der Waals surface area contributed by atoms with Gasteiger partial charge in [-0.25, -0.2) is 4.79 Å². The van der Waals surface area contributed by atoms with Crippen molar-refractivity contribution in [3.05, 3.63) is 71.9 Å². The molecule has 1 aliphatic heterocycles. The van der Waals surface area contributed by atoms with Crippen LogP contribution in [0.4, 0.5) is 23.7 Å². The molecule has 1 heterocycles. The first-order valence-electron chi connectivity index (χ1n) is 8.57. The Balaban J connectivity index is 1.86. The van der Waals surface area contributed by atoms with Crippen molar-refractivity contribution >= 4 is 17.6 Å². The Morgan fingerprint density at radius 3 is 2.28 bits per heavy atom. The lowest BCUT2D eigenvalue weighted by Crippen LogP contribution is -2.51. The van der Waals surface area contributed by atoms with Crippen LogP contribution in [0.15, 0.2) is 60.8 Å². The van der Waals surface area contributed by atoms with Gasteiger partial charge in [-0.15, -0.1) is 0 Å². The number of halogens is 3. The molecule has 0 radical (unpaired) electrons. The van der Waals surface area contributed by atoms with Crippen LogP contribution in [0.25, 0.3) is 0 Å². The number of alkyl halides is 3. The molecule has 152 valence electrons. The summed E-state index contributed by atoms with van der Waals surface area (Å²) in [7, 11) is 1.52. The second-order valence-electron chi connectivity index (χ2n) is 6.42. The molecule has 0 unspecified atom stereocenters. The molecule has 9 heteroatoms. The number of methoxy groups -OCH3 is 1. The van der Waals surface area contributed by atoms with Gasteiger partial charge in [-0.2, -0.15) is 13.2 Å². The summed E-state index contributed by atoms with van der Waals surface area (Å²) >= 11 is 0. The number of hydrogen-bond acceptors (Lipinski definition) is 3. The molecule has 29 heavy (non-hydrogen) atoms. The molecule has 2 aromatic carbocycles. The monoisotopic (exact) mass is 405 g/mol. The number of urea groups is 1. The van der Waals surface area contributed by atoms with Gasteiger partial charge in [-0.05, 0) is 42.0 Å². The Bertz CT molecular complexity index is 925. The Labute approximate surface area is 164 Å². The Morgan fingerprint density at radius 2 is 1.72 bits per heavy atom. The van der Waals surface area contributed by atoms with E-state index in [2.05, 4.69) is 22.5 Å². The minimum absolute atomic E-state index is 0.143. The van der Waals surface area contributed by atoms with Gasteiger partial charge in [-0.1, -0.05) is 18.7 Å². The standard InChI is InChI=1S/C20H18F3N3O3/c1-11-16(18(27)25-14-7-9-15(29-2)10-8-14)17(26-19(28)24-11)12-3-5-13(6-4-12)20(21,22)23/h3-10,16-17H,1H2,2H3,(H,25,27)(H2,24,26,28)/t16-,17+/m0/s1. The average molecular weight is 405 g/mol. The van der Waals surface area contributed by atoms with E-state index in [4.69, 9.17) is 4.74 Å². The highest BCUT2D eigenvalue weighted by Gasteiger charge is 2.38. The predicted molar refractivity (Wildman–Crippen MR) is 100 cm³/mol. The van der Waals surface area contributed by atoms with Crippen molar-refractivity contribution in [1.82, 2.24) is 10.6 Å². The largest absolute Gasteiger partial charge is 0.497 e. The quantitative estimate of drug-likeness (QED) is 0.723. The van der Waals surface area contributed by atoms with Crippen molar-refractivity contribution in [1.29, 1.82) is 0 Å². The van der Waals surface area contributed by atoms with Crippen LogP contribution in [0.3, 0.4) is 0 Å². The van der Waals surface area contributed by atoms with Crippen molar-refractivity contribution in [3.8, 4) is 5.75 Å². The number of rotatable bonds is 4. The molecular weight excluding hydrogens is 387 g/mol. The number of benzene rings is 2. The van der Waals surface area contributed by atoms with Gasteiger partial charge in [-0.3, -0.25) is 4.79 Å². The fourth-order valence-electron chi connectivity index (χ4n) is 3.04. The predicted octanol–water partition coefficient (Wildman–Crippen LogP) is 3.84. The first-order chi connectivity index (χ1) is 13.7. The summed E-state index contributed by atoms with van der Waals surface area (Å²) in [5.41, 5.74) is 0.166. The van der Waals surface area contributed by atoms with Crippen molar-refractivity contribution in [3.63, 3.8) is 0 Å². The van der Waals surface area contributed by atoms with Gasteiger partial charge in [0.2, 0.25) is 5.91 Å². The van der Waals surface area contributed by atoms with Gasteiger partial charge in [0, 0.05) is 11.4 Å². The maximum Gasteiger partial charge on any atom is 0.416 e. The summed E-state index contributed by atoms with van der Waals surface area (Å²) in [6.45, 7) is 3.74. The van der Waals surface area contributed by atoms with Crippen LogP contribution in [0.2, 0.25) is 0 Å². The number of carbonyl (C=O) groups is 2. The highest BCUT2D eigenvalue weighted by molar-refractivity contribution is 5.97. The second kappa shape index (κ2) is 7.86. The van der Waals surface area contributed by atoms with Crippen LogP contribution >= 0.6 is 0 Å². The average Bonchev–Trinajstić information content (AvgIpc) is 2.67. The van der Waals surface area contributed by atoms with Gasteiger partial charge >= 0.3 is 12.2 Å². The van der Waals surface area contributed by atoms with Crippen LogP contribution in [0.5, 0.6) is 5.75 Å². The van der Waals surface area contributed by atoms with Crippen molar-refractivity contribution in [2.75, 3.05) is 12.4 Å². The fraction of sp³-hybridized carbons (Fsp3) is 0.200. The van der Waals surface area contributed by atoms with E-state index in [9.17, 15) is 22.8 Å². The normalized spacial score (nSPS) is 19.2. The molecule has 0 bridgehead atoms. The van der Waals surface area contributed by atoms with E-state index in [1.807, 2.05) is 0 Å². The highest BCUT2D eigenvalue weighted by atomic mass is 19.4. The summed E-state index contributed by atoms with van der Waals surface area (Å²) in [6.07, 6.45) is -4.48. The summed E-state index contributed by atoms with van der Waals surface area (Å²) < 4.78 is 43.5. The van der Waals surface area contributed by atoms with E-state index in [-0.39, 0.29) is 5.70 Å². The van der Waals surface area contributed by atoms with Crippen molar-refractivity contribution in [2.24, 2.45) is 5.92 Å². The van der Waals surface area contributed by atoms with Crippen molar-refractivity contribution in [2.45, 2.75) is 12.2 Å². The minimum Gasteiger partial charge on any atom is -0.497 e. The number of ether oxygens (including phenoxy) is 1. The topological polar surface area (TPSA) is 79.5 Å². The van der Waals surface area contributed by atoms with Gasteiger partial charge in [0.15, 0.2) is 0 Å². The Hall–Kier alpha value is -3.49. The number of anilines is 1. The van der Waals surface area contributed by atoms with Gasteiger partial charge in [0.25, 0.3) is 0 Å². The Morgan fingerprint density at radius 1 is 1.10 bits per heavy atom. The fourth-order valence-corrected chi connectivity index (χ4v) is 3.04. The lowest BCUT2D eigenvalue weighted by atomic mass is 9.88. The zero-order valence-corrected chi connectivity index (χ0v) is 15.3. The summed E-state index contributed by atoms with van der Waals surface area (Å²) in [4.78, 5) is 24.7. The van der Waals surface area contributed by atoms with E-state index in [1.165, 1.54) is 19.2 Å². The van der Waals surface area contributed by atoms with E-state index in [1.54, 1.807) is 24.3 Å². The molecule has 1 fully saturated rings. The molecule has 0 spiro atoms. The number of amides is 3. The van der Waals surface area contributed by atoms with E-state index < -0.39 is 35.6 Å². The maximum absolute atomic E-state index is 12.9. The highest BCUT2D eigenvalue weighted by Crippen LogP contribution is 2.34. The summed E-state index contributed by atoms with van der Waals surface area (Å²) in [5.74, 6) is -0.800. The lowest BCUT2D eigenvalue weighted by molar-refractivity contribution is -0.137. The molecule has 2 atom stereocenters. The first kappa shape index (κ1) is 20.2. The first-order valence-corrected chi connectivity index (χ1v) is 8.57.